The van der Waals surface area contributed by atoms with E-state index < -0.39 is 12.0 Å². The fraction of sp³-hybridized carbons (Fsp3) is 0.524. The standard InChI is InChI=1S/C21H29ClN4O3/c1-25-11-8-17(9-12-25)26-19(7-10-23-26)18(20(29-2)14-21(27)24-28)13-15-3-5-16(22)6-4-15/h3-7,10,17-18,20,28H,8-9,11-14H2,1-2H3,(H,24,27). The highest BCUT2D eigenvalue weighted by molar-refractivity contribution is 6.30. The average Bonchev–Trinajstić information content (AvgIpc) is 3.21. The summed E-state index contributed by atoms with van der Waals surface area (Å²) in [4.78, 5) is 14.2. The number of hydroxylamine groups is 1. The smallest absolute Gasteiger partial charge is 0.245 e. The van der Waals surface area contributed by atoms with Crippen molar-refractivity contribution < 1.29 is 14.7 Å². The minimum Gasteiger partial charge on any atom is -0.380 e. The predicted octanol–water partition coefficient (Wildman–Crippen LogP) is 3.04. The summed E-state index contributed by atoms with van der Waals surface area (Å²) < 4.78 is 7.82. The fourth-order valence-corrected chi connectivity index (χ4v) is 4.21. The quantitative estimate of drug-likeness (QED) is 0.507. The summed E-state index contributed by atoms with van der Waals surface area (Å²) in [6.07, 6.45) is 4.22. The van der Waals surface area contributed by atoms with Crippen molar-refractivity contribution >= 4 is 17.5 Å². The first kappa shape index (κ1) is 21.8. The number of aromatic nitrogens is 2. The van der Waals surface area contributed by atoms with Gasteiger partial charge in [-0.2, -0.15) is 5.10 Å². The summed E-state index contributed by atoms with van der Waals surface area (Å²) in [7, 11) is 3.73. The Labute approximate surface area is 176 Å². The number of nitrogens with zero attached hydrogens (tertiary/aromatic N) is 3. The van der Waals surface area contributed by atoms with E-state index in [9.17, 15) is 4.79 Å². The molecular weight excluding hydrogens is 392 g/mol. The lowest BCUT2D eigenvalue weighted by atomic mass is 9.88. The van der Waals surface area contributed by atoms with Crippen LogP contribution in [0.1, 0.15) is 42.5 Å². The molecule has 1 aliphatic heterocycles. The lowest BCUT2D eigenvalue weighted by Gasteiger charge is -2.33. The van der Waals surface area contributed by atoms with Crippen LogP contribution in [0, 0.1) is 0 Å². The maximum absolute atomic E-state index is 11.9. The van der Waals surface area contributed by atoms with Gasteiger partial charge >= 0.3 is 0 Å². The van der Waals surface area contributed by atoms with Crippen LogP contribution in [-0.4, -0.2) is 59.1 Å². The second-order valence-corrected chi connectivity index (χ2v) is 8.12. The number of methoxy groups -OCH3 is 1. The average molecular weight is 421 g/mol. The van der Waals surface area contributed by atoms with Gasteiger partial charge in [-0.25, -0.2) is 5.48 Å². The Morgan fingerprint density at radius 2 is 2.00 bits per heavy atom. The number of benzene rings is 1. The third kappa shape index (κ3) is 5.57. The Kier molecular flexibility index (Phi) is 7.66. The van der Waals surface area contributed by atoms with E-state index in [0.29, 0.717) is 17.5 Å². The van der Waals surface area contributed by atoms with Crippen molar-refractivity contribution in [2.24, 2.45) is 0 Å². The van der Waals surface area contributed by atoms with Crippen LogP contribution < -0.4 is 5.48 Å². The molecule has 2 unspecified atom stereocenters. The van der Waals surface area contributed by atoms with Crippen molar-refractivity contribution in [1.29, 1.82) is 0 Å². The van der Waals surface area contributed by atoms with Crippen LogP contribution in [0.15, 0.2) is 36.5 Å². The molecule has 0 radical (unpaired) electrons. The SMILES string of the molecule is COC(CC(=O)NO)C(Cc1ccc(Cl)cc1)c1ccnn1C1CCN(C)CC1. The number of likely N-dealkylation sites (tertiary alicyclic amines) is 1. The number of hydrogen-bond donors (Lipinski definition) is 2. The van der Waals surface area contributed by atoms with Crippen molar-refractivity contribution in [1.82, 2.24) is 20.2 Å². The Bertz CT molecular complexity index is 787. The van der Waals surface area contributed by atoms with Crippen molar-refractivity contribution in [3.63, 3.8) is 0 Å². The maximum atomic E-state index is 11.9. The van der Waals surface area contributed by atoms with Crippen molar-refractivity contribution in [3.05, 3.63) is 52.8 Å². The molecule has 1 fully saturated rings. The molecule has 1 aliphatic rings. The van der Waals surface area contributed by atoms with E-state index in [4.69, 9.17) is 21.5 Å². The summed E-state index contributed by atoms with van der Waals surface area (Å²) in [6, 6.07) is 10.1. The van der Waals surface area contributed by atoms with E-state index in [1.807, 2.05) is 36.5 Å². The molecule has 1 saturated heterocycles. The molecule has 0 aliphatic carbocycles. The van der Waals surface area contributed by atoms with Gasteiger partial charge in [0.2, 0.25) is 5.91 Å². The molecule has 158 valence electrons. The van der Waals surface area contributed by atoms with Gasteiger partial charge in [-0.3, -0.25) is 14.7 Å². The molecule has 2 heterocycles. The van der Waals surface area contributed by atoms with Crippen LogP contribution in [-0.2, 0) is 16.0 Å². The summed E-state index contributed by atoms with van der Waals surface area (Å²) in [6.45, 7) is 2.07. The highest BCUT2D eigenvalue weighted by Crippen LogP contribution is 2.32. The van der Waals surface area contributed by atoms with Crippen LogP contribution >= 0.6 is 11.6 Å². The van der Waals surface area contributed by atoms with Crippen LogP contribution in [0.3, 0.4) is 0 Å². The normalized spacial score (nSPS) is 17.8. The lowest BCUT2D eigenvalue weighted by molar-refractivity contribution is -0.132. The number of nitrogens with one attached hydrogen (secondary N) is 1. The molecule has 0 spiro atoms. The molecule has 2 N–H and O–H groups in total. The zero-order valence-electron chi connectivity index (χ0n) is 16.9. The van der Waals surface area contributed by atoms with Gasteiger partial charge in [0.05, 0.1) is 18.6 Å². The first-order valence-electron chi connectivity index (χ1n) is 9.94. The number of rotatable bonds is 8. The molecular formula is C21H29ClN4O3. The molecule has 1 aromatic carbocycles. The van der Waals surface area contributed by atoms with Gasteiger partial charge in [-0.15, -0.1) is 0 Å². The molecule has 0 saturated carbocycles. The van der Waals surface area contributed by atoms with Crippen LogP contribution in [0.4, 0.5) is 0 Å². The summed E-state index contributed by atoms with van der Waals surface area (Å²) in [5.41, 5.74) is 3.87. The fourth-order valence-electron chi connectivity index (χ4n) is 4.08. The second-order valence-electron chi connectivity index (χ2n) is 7.69. The number of ether oxygens (including phenoxy) is 1. The minimum absolute atomic E-state index is 0.0594. The molecule has 2 aromatic rings. The number of carbonyl (C=O) groups excluding carboxylic acids is 1. The molecule has 1 amide bonds. The number of carbonyl (C=O) groups is 1. The van der Waals surface area contributed by atoms with E-state index >= 15 is 0 Å². The summed E-state index contributed by atoms with van der Waals surface area (Å²) in [5, 5.41) is 14.3. The van der Waals surface area contributed by atoms with Gasteiger partial charge in [-0.05, 0) is 63.2 Å². The zero-order valence-corrected chi connectivity index (χ0v) is 17.7. The van der Waals surface area contributed by atoms with Crippen LogP contribution in [0.5, 0.6) is 0 Å². The number of piperidine rings is 1. The first-order chi connectivity index (χ1) is 14.0. The lowest BCUT2D eigenvalue weighted by Crippen LogP contribution is -2.35. The molecule has 7 nitrogen and oxygen atoms in total. The monoisotopic (exact) mass is 420 g/mol. The molecule has 2 atom stereocenters. The zero-order chi connectivity index (χ0) is 20.8. The maximum Gasteiger partial charge on any atom is 0.245 e. The molecule has 3 rings (SSSR count). The van der Waals surface area contributed by atoms with Gasteiger partial charge in [0.15, 0.2) is 0 Å². The Morgan fingerprint density at radius 3 is 2.62 bits per heavy atom. The number of hydrogen-bond acceptors (Lipinski definition) is 5. The second kappa shape index (κ2) is 10.2. The molecule has 8 heteroatoms. The van der Waals surface area contributed by atoms with Crippen molar-refractivity contribution in [3.8, 4) is 0 Å². The number of halogens is 1. The third-order valence-corrected chi connectivity index (χ3v) is 6.00. The van der Waals surface area contributed by atoms with Crippen molar-refractivity contribution in [2.75, 3.05) is 27.2 Å². The highest BCUT2D eigenvalue weighted by Gasteiger charge is 2.31. The minimum atomic E-state index is -0.469. The van der Waals surface area contributed by atoms with Gasteiger partial charge in [-0.1, -0.05) is 23.7 Å². The first-order valence-corrected chi connectivity index (χ1v) is 10.3. The highest BCUT2D eigenvalue weighted by atomic mass is 35.5. The Hall–Kier alpha value is -1.93. The predicted molar refractivity (Wildman–Crippen MR) is 111 cm³/mol. The van der Waals surface area contributed by atoms with E-state index in [0.717, 1.165) is 37.2 Å². The molecule has 1 aromatic heterocycles. The topological polar surface area (TPSA) is 79.6 Å². The van der Waals surface area contributed by atoms with E-state index in [1.54, 1.807) is 12.6 Å². The third-order valence-electron chi connectivity index (χ3n) is 5.75. The summed E-state index contributed by atoms with van der Waals surface area (Å²) >= 11 is 6.04. The van der Waals surface area contributed by atoms with Crippen LogP contribution in [0.2, 0.25) is 5.02 Å². The van der Waals surface area contributed by atoms with E-state index in [1.165, 1.54) is 0 Å². The van der Waals surface area contributed by atoms with Gasteiger partial charge in [0.25, 0.3) is 0 Å². The van der Waals surface area contributed by atoms with Gasteiger partial charge in [0.1, 0.15) is 0 Å². The van der Waals surface area contributed by atoms with E-state index in [-0.39, 0.29) is 12.3 Å². The van der Waals surface area contributed by atoms with Crippen LogP contribution in [0.25, 0.3) is 0 Å². The molecule has 0 bridgehead atoms. The molecule has 29 heavy (non-hydrogen) atoms. The van der Waals surface area contributed by atoms with Crippen molar-refractivity contribution in [2.45, 2.75) is 43.7 Å². The van der Waals surface area contributed by atoms with Gasteiger partial charge < -0.3 is 9.64 Å². The van der Waals surface area contributed by atoms with E-state index in [2.05, 4.69) is 21.7 Å². The Morgan fingerprint density at radius 1 is 1.31 bits per heavy atom. The van der Waals surface area contributed by atoms with Gasteiger partial charge in [0, 0.05) is 29.9 Å². The largest absolute Gasteiger partial charge is 0.380 e. The summed E-state index contributed by atoms with van der Waals surface area (Å²) in [5.74, 6) is -0.566. The Balaban J connectivity index is 1.91. The number of amides is 1.